The Morgan fingerprint density at radius 3 is 2.42 bits per heavy atom. The van der Waals surface area contributed by atoms with E-state index in [0.717, 1.165) is 30.4 Å². The van der Waals surface area contributed by atoms with Crippen molar-refractivity contribution in [2.24, 2.45) is 0 Å². The van der Waals surface area contributed by atoms with E-state index >= 15 is 0 Å². The molecule has 1 aliphatic heterocycles. The maximum absolute atomic E-state index is 13.8. The predicted octanol–water partition coefficient (Wildman–Crippen LogP) is 4.13. The lowest BCUT2D eigenvalue weighted by atomic mass is 9.94. The van der Waals surface area contributed by atoms with Crippen LogP contribution in [0.3, 0.4) is 0 Å². The average molecular weight is 509 g/mol. The van der Waals surface area contributed by atoms with Crippen molar-refractivity contribution < 1.29 is 22.7 Å². The molecule has 1 atom stereocenters. The highest BCUT2D eigenvalue weighted by atomic mass is 32.2. The summed E-state index contributed by atoms with van der Waals surface area (Å²) in [4.78, 5) is 13.5. The number of benzene rings is 3. The second-order valence-electron chi connectivity index (χ2n) is 8.72. The Hall–Kier alpha value is -3.36. The van der Waals surface area contributed by atoms with E-state index in [1.165, 1.54) is 36.2 Å². The van der Waals surface area contributed by atoms with Gasteiger partial charge in [0.25, 0.3) is 0 Å². The number of amides is 1. The van der Waals surface area contributed by atoms with E-state index in [0.29, 0.717) is 24.5 Å². The summed E-state index contributed by atoms with van der Waals surface area (Å²) >= 11 is 0. The van der Waals surface area contributed by atoms with Gasteiger partial charge in [0, 0.05) is 19.2 Å². The summed E-state index contributed by atoms with van der Waals surface area (Å²) in [5, 5.41) is 2.98. The molecule has 0 saturated heterocycles. The van der Waals surface area contributed by atoms with Crippen molar-refractivity contribution in [2.75, 3.05) is 27.3 Å². The Kier molecular flexibility index (Phi) is 8.28. The Balaban J connectivity index is 1.53. The predicted molar refractivity (Wildman–Crippen MR) is 139 cm³/mol. The van der Waals surface area contributed by atoms with Gasteiger partial charge in [0.2, 0.25) is 15.9 Å². The molecule has 1 N–H and O–H groups in total. The molecule has 0 spiro atoms. The van der Waals surface area contributed by atoms with Crippen molar-refractivity contribution in [3.8, 4) is 11.5 Å². The van der Waals surface area contributed by atoms with Gasteiger partial charge in [-0.15, -0.1) is 0 Å². The lowest BCUT2D eigenvalue weighted by molar-refractivity contribution is -0.125. The van der Waals surface area contributed by atoms with Crippen LogP contribution in [0.1, 0.15) is 35.6 Å². The molecule has 1 heterocycles. The molecule has 0 aromatic heterocycles. The van der Waals surface area contributed by atoms with Crippen molar-refractivity contribution in [3.05, 3.63) is 89.5 Å². The molecule has 0 unspecified atom stereocenters. The Labute approximate surface area is 213 Å². The highest BCUT2D eigenvalue weighted by molar-refractivity contribution is 7.89. The van der Waals surface area contributed by atoms with Gasteiger partial charge >= 0.3 is 0 Å². The number of unbranched alkanes of at least 4 members (excludes halogenated alkanes) is 1. The second-order valence-corrected chi connectivity index (χ2v) is 10.6. The number of fused-ring (bicyclic) bond motifs is 1. The molecule has 0 bridgehead atoms. The monoisotopic (exact) mass is 508 g/mol. The van der Waals surface area contributed by atoms with Gasteiger partial charge in [-0.2, -0.15) is 4.31 Å². The van der Waals surface area contributed by atoms with Crippen LogP contribution in [0.2, 0.25) is 0 Å². The molecule has 0 saturated carbocycles. The molecule has 1 aliphatic rings. The fraction of sp³-hybridized carbons (Fsp3) is 0.321. The van der Waals surface area contributed by atoms with Crippen LogP contribution in [0, 0.1) is 0 Å². The summed E-state index contributed by atoms with van der Waals surface area (Å²) in [6.45, 7) is 0.689. The highest BCUT2D eigenvalue weighted by Crippen LogP contribution is 2.37. The van der Waals surface area contributed by atoms with Gasteiger partial charge in [0.1, 0.15) is 6.04 Å². The zero-order valence-electron chi connectivity index (χ0n) is 20.6. The standard InChI is InChI=1S/C28H32N2O5S/c1-34-25-16-15-23(20-26(25)35-2)36(32,33)30-19-17-22-13-6-7-14-24(22)27(30)28(31)29-18-9-8-12-21-10-4-3-5-11-21/h3-7,10-11,13-16,20,27H,8-9,12,17-19H2,1-2H3,(H,29,31)/t27-/m0/s1. The van der Waals surface area contributed by atoms with Crippen LogP contribution in [0.5, 0.6) is 11.5 Å². The number of carbonyl (C=O) groups excluding carboxylic acids is 1. The van der Waals surface area contributed by atoms with Crippen LogP contribution in [-0.2, 0) is 27.7 Å². The van der Waals surface area contributed by atoms with Gasteiger partial charge in [-0.1, -0.05) is 54.6 Å². The lowest BCUT2D eigenvalue weighted by Crippen LogP contribution is -2.47. The van der Waals surface area contributed by atoms with E-state index in [2.05, 4.69) is 17.4 Å². The molecular formula is C28H32N2O5S. The minimum Gasteiger partial charge on any atom is -0.493 e. The summed E-state index contributed by atoms with van der Waals surface area (Å²) < 4.78 is 39.4. The Morgan fingerprint density at radius 2 is 1.67 bits per heavy atom. The quantitative estimate of drug-likeness (QED) is 0.416. The maximum atomic E-state index is 13.8. The van der Waals surface area contributed by atoms with Crippen molar-refractivity contribution in [3.63, 3.8) is 0 Å². The van der Waals surface area contributed by atoms with Crippen LogP contribution >= 0.6 is 0 Å². The minimum absolute atomic E-state index is 0.0557. The summed E-state index contributed by atoms with van der Waals surface area (Å²) in [5.74, 6) is 0.437. The van der Waals surface area contributed by atoms with Gasteiger partial charge in [0.15, 0.2) is 11.5 Å². The van der Waals surface area contributed by atoms with E-state index in [1.54, 1.807) is 6.07 Å². The van der Waals surface area contributed by atoms with Crippen molar-refractivity contribution in [1.82, 2.24) is 9.62 Å². The highest BCUT2D eigenvalue weighted by Gasteiger charge is 2.40. The normalized spacial score (nSPS) is 15.7. The topological polar surface area (TPSA) is 84.9 Å². The Morgan fingerprint density at radius 1 is 0.944 bits per heavy atom. The molecule has 0 aliphatic carbocycles. The molecule has 1 amide bonds. The van der Waals surface area contributed by atoms with E-state index in [4.69, 9.17) is 9.47 Å². The molecule has 3 aromatic carbocycles. The van der Waals surface area contributed by atoms with Crippen molar-refractivity contribution >= 4 is 15.9 Å². The van der Waals surface area contributed by atoms with Gasteiger partial charge in [-0.05, 0) is 54.5 Å². The summed E-state index contributed by atoms with van der Waals surface area (Å²) in [7, 11) is -1.04. The number of hydrogen-bond donors (Lipinski definition) is 1. The molecule has 0 radical (unpaired) electrons. The zero-order valence-corrected chi connectivity index (χ0v) is 21.5. The number of methoxy groups -OCH3 is 2. The van der Waals surface area contributed by atoms with Crippen molar-refractivity contribution in [2.45, 2.75) is 36.6 Å². The van der Waals surface area contributed by atoms with E-state index in [-0.39, 0.29) is 17.3 Å². The summed E-state index contributed by atoms with van der Waals surface area (Å²) in [6, 6.07) is 21.3. The third-order valence-corrected chi connectivity index (χ3v) is 8.34. The Bertz CT molecular complexity index is 1290. The minimum atomic E-state index is -3.99. The number of nitrogens with one attached hydrogen (secondary N) is 1. The first-order chi connectivity index (χ1) is 17.5. The second kappa shape index (κ2) is 11.6. The number of ether oxygens (including phenoxy) is 2. The van der Waals surface area contributed by atoms with E-state index in [1.807, 2.05) is 42.5 Å². The van der Waals surface area contributed by atoms with Crippen molar-refractivity contribution in [1.29, 1.82) is 0 Å². The number of nitrogens with zero attached hydrogens (tertiary/aromatic N) is 1. The molecule has 36 heavy (non-hydrogen) atoms. The van der Waals surface area contributed by atoms with Crippen LogP contribution in [0.15, 0.2) is 77.7 Å². The maximum Gasteiger partial charge on any atom is 0.244 e. The fourth-order valence-electron chi connectivity index (χ4n) is 4.59. The van der Waals surface area contributed by atoms with Crippen LogP contribution < -0.4 is 14.8 Å². The lowest BCUT2D eigenvalue weighted by Gasteiger charge is -2.35. The van der Waals surface area contributed by atoms with E-state index in [9.17, 15) is 13.2 Å². The zero-order chi connectivity index (χ0) is 25.5. The first-order valence-corrected chi connectivity index (χ1v) is 13.5. The molecular weight excluding hydrogens is 476 g/mol. The molecule has 4 rings (SSSR count). The number of carbonyl (C=O) groups is 1. The van der Waals surface area contributed by atoms with E-state index < -0.39 is 16.1 Å². The molecule has 8 heteroatoms. The van der Waals surface area contributed by atoms with Gasteiger partial charge in [-0.3, -0.25) is 4.79 Å². The number of rotatable bonds is 10. The molecule has 3 aromatic rings. The van der Waals surface area contributed by atoms with Crippen LogP contribution in [0.4, 0.5) is 0 Å². The van der Waals surface area contributed by atoms with Crippen LogP contribution in [-0.4, -0.2) is 45.9 Å². The molecule has 190 valence electrons. The van der Waals surface area contributed by atoms with Gasteiger partial charge in [-0.25, -0.2) is 8.42 Å². The number of aryl methyl sites for hydroxylation is 1. The SMILES string of the molecule is COc1ccc(S(=O)(=O)N2CCc3ccccc3[C@H]2C(=O)NCCCCc2ccccc2)cc1OC. The number of hydrogen-bond acceptors (Lipinski definition) is 5. The smallest absolute Gasteiger partial charge is 0.244 e. The van der Waals surface area contributed by atoms with Gasteiger partial charge < -0.3 is 14.8 Å². The summed E-state index contributed by atoms with van der Waals surface area (Å²) in [5.41, 5.74) is 2.97. The summed E-state index contributed by atoms with van der Waals surface area (Å²) in [6.07, 6.45) is 3.20. The van der Waals surface area contributed by atoms with Crippen LogP contribution in [0.25, 0.3) is 0 Å². The average Bonchev–Trinajstić information content (AvgIpc) is 2.92. The third kappa shape index (κ3) is 5.55. The molecule has 0 fully saturated rings. The first kappa shape index (κ1) is 25.7. The first-order valence-electron chi connectivity index (χ1n) is 12.1. The fourth-order valence-corrected chi connectivity index (χ4v) is 6.18. The largest absolute Gasteiger partial charge is 0.493 e. The van der Waals surface area contributed by atoms with Gasteiger partial charge in [0.05, 0.1) is 19.1 Å². The third-order valence-electron chi connectivity index (χ3n) is 6.48. The molecule has 7 nitrogen and oxygen atoms in total. The number of sulfonamides is 1.